The minimum atomic E-state index is -3.74. The number of anilines is 1. The minimum absolute atomic E-state index is 0.154. The second-order valence-electron chi connectivity index (χ2n) is 8.50. The topological polar surface area (TPSA) is 86.8 Å². The molecule has 1 fully saturated rings. The van der Waals surface area contributed by atoms with Crippen molar-refractivity contribution in [1.82, 2.24) is 10.2 Å². The van der Waals surface area contributed by atoms with Gasteiger partial charge in [0.2, 0.25) is 15.9 Å². The quantitative estimate of drug-likeness (QED) is 0.736. The van der Waals surface area contributed by atoms with Gasteiger partial charge in [-0.3, -0.25) is 9.59 Å². The molecule has 0 radical (unpaired) electrons. The molecule has 0 aliphatic carbocycles. The van der Waals surface area contributed by atoms with Gasteiger partial charge in [0.25, 0.3) is 5.91 Å². The van der Waals surface area contributed by atoms with Gasteiger partial charge < -0.3 is 10.2 Å². The van der Waals surface area contributed by atoms with Crippen LogP contribution in [0.15, 0.2) is 48.5 Å². The largest absolute Gasteiger partial charge is 0.350 e. The van der Waals surface area contributed by atoms with Crippen LogP contribution < -0.4 is 9.62 Å². The zero-order valence-corrected chi connectivity index (χ0v) is 18.7. The molecule has 2 aromatic rings. The fourth-order valence-electron chi connectivity index (χ4n) is 3.58. The molecule has 0 saturated carbocycles. The number of nitrogens with zero attached hydrogens (tertiary/aromatic N) is 2. The fraction of sp³-hybridized carbons (Fsp3) is 0.364. The molecule has 166 valence electrons. The monoisotopic (exact) mass is 447 g/mol. The first kappa shape index (κ1) is 22.9. The summed E-state index contributed by atoms with van der Waals surface area (Å²) in [5, 5.41) is 2.85. The van der Waals surface area contributed by atoms with E-state index in [0.717, 1.165) is 9.87 Å². The van der Waals surface area contributed by atoms with Crippen LogP contribution in [0.4, 0.5) is 10.1 Å². The van der Waals surface area contributed by atoms with E-state index in [2.05, 4.69) is 5.32 Å². The molecule has 1 saturated heterocycles. The Hall–Kier alpha value is -2.78. The van der Waals surface area contributed by atoms with Crippen molar-refractivity contribution < 1.29 is 22.4 Å². The fourth-order valence-corrected chi connectivity index (χ4v) is 5.69. The highest BCUT2D eigenvalue weighted by molar-refractivity contribution is 7.94. The van der Waals surface area contributed by atoms with Gasteiger partial charge in [0, 0.05) is 12.1 Å². The molecule has 2 aromatic carbocycles. The van der Waals surface area contributed by atoms with Crippen molar-refractivity contribution in [3.05, 3.63) is 65.5 Å². The Labute approximate surface area is 181 Å². The minimum Gasteiger partial charge on any atom is -0.350 e. The molecular formula is C22H26FN3O4S. The molecule has 0 bridgehead atoms. The van der Waals surface area contributed by atoms with Crippen molar-refractivity contribution in [2.45, 2.75) is 19.9 Å². The normalized spacial score (nSPS) is 18.3. The van der Waals surface area contributed by atoms with Crippen molar-refractivity contribution in [2.75, 3.05) is 30.7 Å². The lowest BCUT2D eigenvalue weighted by Gasteiger charge is -2.25. The van der Waals surface area contributed by atoms with Crippen LogP contribution in [-0.2, 0) is 14.8 Å². The molecule has 0 spiro atoms. The summed E-state index contributed by atoms with van der Waals surface area (Å²) in [6.07, 6.45) is 0. The predicted molar refractivity (Wildman–Crippen MR) is 117 cm³/mol. The number of sulfonamides is 1. The van der Waals surface area contributed by atoms with Crippen LogP contribution in [-0.4, -0.2) is 51.5 Å². The van der Waals surface area contributed by atoms with Crippen molar-refractivity contribution in [3.8, 4) is 0 Å². The van der Waals surface area contributed by atoms with Crippen molar-refractivity contribution in [2.24, 2.45) is 5.41 Å². The average Bonchev–Trinajstić information content (AvgIpc) is 2.85. The van der Waals surface area contributed by atoms with Crippen molar-refractivity contribution in [1.29, 1.82) is 0 Å². The number of benzene rings is 2. The van der Waals surface area contributed by atoms with Crippen LogP contribution in [0.3, 0.4) is 0 Å². The van der Waals surface area contributed by atoms with Crippen LogP contribution in [0.1, 0.15) is 35.8 Å². The Morgan fingerprint density at radius 2 is 1.71 bits per heavy atom. The third-order valence-electron chi connectivity index (χ3n) is 5.28. The molecule has 1 atom stereocenters. The molecule has 1 heterocycles. The summed E-state index contributed by atoms with van der Waals surface area (Å²) < 4.78 is 38.8. The molecular weight excluding hydrogens is 421 g/mol. The maximum atomic E-state index is 13.2. The number of carbonyl (C=O) groups excluding carboxylic acids is 2. The van der Waals surface area contributed by atoms with Gasteiger partial charge in [0.05, 0.1) is 22.9 Å². The molecule has 2 amide bonds. The van der Waals surface area contributed by atoms with Gasteiger partial charge in [0.1, 0.15) is 5.82 Å². The van der Waals surface area contributed by atoms with Gasteiger partial charge in [-0.05, 0) is 69.9 Å². The summed E-state index contributed by atoms with van der Waals surface area (Å²) in [7, 11) is -0.0137. The standard InChI is InChI=1S/C22H26FN3O4S/c1-22(2)14-31(29,30)26(21(22)28)18-11-7-16(8-12-18)20(27)24-13-19(25(3)4)15-5-9-17(23)10-6-15/h5-12,19H,13-14H2,1-4H3,(H,24,27). The Morgan fingerprint density at radius 1 is 1.13 bits per heavy atom. The zero-order valence-electron chi connectivity index (χ0n) is 17.9. The van der Waals surface area contributed by atoms with Crippen molar-refractivity contribution >= 4 is 27.5 Å². The second-order valence-corrected chi connectivity index (χ2v) is 10.3. The van der Waals surface area contributed by atoms with E-state index in [1.54, 1.807) is 26.0 Å². The zero-order chi connectivity index (χ0) is 23.0. The summed E-state index contributed by atoms with van der Waals surface area (Å²) in [6.45, 7) is 3.49. The number of amides is 2. The van der Waals surface area contributed by atoms with E-state index in [1.807, 2.05) is 19.0 Å². The third-order valence-corrected chi connectivity index (χ3v) is 7.30. The first-order valence-corrected chi connectivity index (χ1v) is 11.4. The van der Waals surface area contributed by atoms with E-state index in [-0.39, 0.29) is 29.2 Å². The van der Waals surface area contributed by atoms with Gasteiger partial charge in [0.15, 0.2) is 0 Å². The summed E-state index contributed by atoms with van der Waals surface area (Å²) in [5.74, 6) is -1.40. The summed E-state index contributed by atoms with van der Waals surface area (Å²) in [6, 6.07) is 11.8. The molecule has 1 N–H and O–H groups in total. The first-order chi connectivity index (χ1) is 14.4. The molecule has 7 nitrogen and oxygen atoms in total. The number of hydrogen-bond donors (Lipinski definition) is 1. The van der Waals surface area contributed by atoms with E-state index in [1.165, 1.54) is 36.4 Å². The SMILES string of the molecule is CN(C)C(CNC(=O)c1ccc(N2C(=O)C(C)(C)CS2(=O)=O)cc1)c1ccc(F)cc1. The molecule has 31 heavy (non-hydrogen) atoms. The van der Waals surface area contributed by atoms with Gasteiger partial charge in [-0.2, -0.15) is 0 Å². The van der Waals surface area contributed by atoms with Gasteiger partial charge in [-0.1, -0.05) is 12.1 Å². The van der Waals surface area contributed by atoms with E-state index in [0.29, 0.717) is 12.1 Å². The van der Waals surface area contributed by atoms with Gasteiger partial charge in [-0.25, -0.2) is 17.1 Å². The lowest BCUT2D eigenvalue weighted by Crippen LogP contribution is -2.35. The molecule has 1 aliphatic heterocycles. The highest BCUT2D eigenvalue weighted by atomic mass is 32.2. The lowest BCUT2D eigenvalue weighted by molar-refractivity contribution is -0.123. The molecule has 3 rings (SSSR count). The first-order valence-electron chi connectivity index (χ1n) is 9.80. The van der Waals surface area contributed by atoms with Gasteiger partial charge in [-0.15, -0.1) is 0 Å². The Balaban J connectivity index is 1.72. The highest BCUT2D eigenvalue weighted by Crippen LogP contribution is 2.35. The van der Waals surface area contributed by atoms with Crippen LogP contribution in [0, 0.1) is 11.2 Å². The van der Waals surface area contributed by atoms with Crippen LogP contribution in [0.2, 0.25) is 0 Å². The Kier molecular flexibility index (Phi) is 6.20. The molecule has 9 heteroatoms. The summed E-state index contributed by atoms with van der Waals surface area (Å²) >= 11 is 0. The summed E-state index contributed by atoms with van der Waals surface area (Å²) in [4.78, 5) is 27.0. The van der Waals surface area contributed by atoms with Gasteiger partial charge >= 0.3 is 0 Å². The Morgan fingerprint density at radius 3 is 2.19 bits per heavy atom. The van der Waals surface area contributed by atoms with E-state index < -0.39 is 21.3 Å². The predicted octanol–water partition coefficient (Wildman–Crippen LogP) is 2.56. The lowest BCUT2D eigenvalue weighted by atomic mass is 9.95. The number of likely N-dealkylation sites (N-methyl/N-ethyl adjacent to an activating group) is 1. The molecule has 1 aliphatic rings. The number of rotatable bonds is 6. The smallest absolute Gasteiger partial charge is 0.251 e. The van der Waals surface area contributed by atoms with Crippen LogP contribution in [0.25, 0.3) is 0 Å². The Bertz CT molecular complexity index is 1080. The van der Waals surface area contributed by atoms with E-state index in [9.17, 15) is 22.4 Å². The summed E-state index contributed by atoms with van der Waals surface area (Å²) in [5.41, 5.74) is 0.423. The number of nitrogens with one attached hydrogen (secondary N) is 1. The second kappa shape index (κ2) is 8.39. The number of hydrogen-bond acceptors (Lipinski definition) is 5. The maximum Gasteiger partial charge on any atom is 0.251 e. The van der Waals surface area contributed by atoms with Crippen molar-refractivity contribution in [3.63, 3.8) is 0 Å². The van der Waals surface area contributed by atoms with Crippen LogP contribution in [0.5, 0.6) is 0 Å². The number of halogens is 1. The van der Waals surface area contributed by atoms with E-state index >= 15 is 0 Å². The molecule has 1 unspecified atom stereocenters. The maximum absolute atomic E-state index is 13.2. The van der Waals surface area contributed by atoms with Crippen LogP contribution >= 0.6 is 0 Å². The highest BCUT2D eigenvalue weighted by Gasteiger charge is 2.49. The number of carbonyl (C=O) groups is 2. The molecule has 0 aromatic heterocycles. The third kappa shape index (κ3) is 4.77. The van der Waals surface area contributed by atoms with E-state index in [4.69, 9.17) is 0 Å². The average molecular weight is 448 g/mol.